The van der Waals surface area contributed by atoms with E-state index in [4.69, 9.17) is 9.26 Å². The minimum Gasteiger partial charge on any atom is -0.455 e. The first-order valence-corrected chi connectivity index (χ1v) is 9.73. The van der Waals surface area contributed by atoms with Gasteiger partial charge in [-0.3, -0.25) is 9.59 Å². The highest BCUT2D eigenvalue weighted by Crippen LogP contribution is 2.11. The van der Waals surface area contributed by atoms with Gasteiger partial charge in [0.25, 0.3) is 5.89 Å². The van der Waals surface area contributed by atoms with Crippen LogP contribution in [-0.2, 0) is 32.6 Å². The molecule has 0 aliphatic rings. The van der Waals surface area contributed by atoms with Crippen LogP contribution in [0.25, 0.3) is 0 Å². The Morgan fingerprint density at radius 3 is 2.48 bits per heavy atom. The number of Topliss-reactive ketones (excluding diaryl/α,β-unsaturated/α-hetero) is 1. The molecule has 146 valence electrons. The SMILES string of the molecule is CC(=O)c1ccc(S(=O)(=O)NCC(=O)OCc2nc(CC(C)C)no2)cc1. The molecular weight excluding hydrogens is 374 g/mol. The van der Waals surface area contributed by atoms with E-state index in [9.17, 15) is 18.0 Å². The van der Waals surface area contributed by atoms with E-state index < -0.39 is 22.5 Å². The zero-order chi connectivity index (χ0) is 20.0. The second kappa shape index (κ2) is 8.87. The highest BCUT2D eigenvalue weighted by atomic mass is 32.2. The van der Waals surface area contributed by atoms with E-state index in [0.29, 0.717) is 23.7 Å². The van der Waals surface area contributed by atoms with Gasteiger partial charge in [0.2, 0.25) is 10.0 Å². The van der Waals surface area contributed by atoms with Gasteiger partial charge in [-0.2, -0.15) is 9.71 Å². The standard InChI is InChI=1S/C17H21N3O6S/c1-11(2)8-15-19-16(26-20-15)10-25-17(22)9-18-27(23,24)14-6-4-13(5-7-14)12(3)21/h4-7,11,18H,8-10H2,1-3H3. The topological polar surface area (TPSA) is 128 Å². The third-order valence-electron chi connectivity index (χ3n) is 3.44. The number of carbonyl (C=O) groups is 2. The molecule has 9 nitrogen and oxygen atoms in total. The monoisotopic (exact) mass is 395 g/mol. The fraction of sp³-hybridized carbons (Fsp3) is 0.412. The molecule has 0 bridgehead atoms. The van der Waals surface area contributed by atoms with Gasteiger partial charge in [0.05, 0.1) is 4.90 Å². The summed E-state index contributed by atoms with van der Waals surface area (Å²) in [6.45, 7) is 4.61. The smallest absolute Gasteiger partial charge is 0.321 e. The largest absolute Gasteiger partial charge is 0.455 e. The van der Waals surface area contributed by atoms with Crippen molar-refractivity contribution in [3.8, 4) is 0 Å². The summed E-state index contributed by atoms with van der Waals surface area (Å²) in [4.78, 5) is 27.0. The lowest BCUT2D eigenvalue weighted by Gasteiger charge is -2.07. The molecule has 1 N–H and O–H groups in total. The van der Waals surface area contributed by atoms with Crippen LogP contribution in [0.1, 0.15) is 42.8 Å². The molecule has 0 unspecified atom stereocenters. The van der Waals surface area contributed by atoms with Crippen LogP contribution in [0.2, 0.25) is 0 Å². The molecule has 0 saturated carbocycles. The van der Waals surface area contributed by atoms with Crippen LogP contribution in [0.5, 0.6) is 0 Å². The number of ketones is 1. The van der Waals surface area contributed by atoms with Crippen molar-refractivity contribution in [3.05, 3.63) is 41.5 Å². The number of nitrogens with one attached hydrogen (secondary N) is 1. The average molecular weight is 395 g/mol. The summed E-state index contributed by atoms with van der Waals surface area (Å²) >= 11 is 0. The van der Waals surface area contributed by atoms with Crippen molar-refractivity contribution >= 4 is 21.8 Å². The van der Waals surface area contributed by atoms with Crippen molar-refractivity contribution in [2.45, 2.75) is 38.7 Å². The first-order valence-electron chi connectivity index (χ1n) is 8.25. The van der Waals surface area contributed by atoms with Gasteiger partial charge in [-0.05, 0) is 25.0 Å². The first-order chi connectivity index (χ1) is 12.7. The average Bonchev–Trinajstić information content (AvgIpc) is 3.05. The Kier molecular flexibility index (Phi) is 6.81. The second-order valence-electron chi connectivity index (χ2n) is 6.27. The molecule has 2 rings (SSSR count). The van der Waals surface area contributed by atoms with Crippen molar-refractivity contribution < 1.29 is 27.3 Å². The van der Waals surface area contributed by atoms with E-state index in [1.165, 1.54) is 31.2 Å². The van der Waals surface area contributed by atoms with Crippen LogP contribution in [0.4, 0.5) is 0 Å². The predicted molar refractivity (Wildman–Crippen MR) is 94.3 cm³/mol. The van der Waals surface area contributed by atoms with Gasteiger partial charge in [-0.1, -0.05) is 31.1 Å². The molecule has 27 heavy (non-hydrogen) atoms. The first kappa shape index (κ1) is 20.7. The number of ether oxygens (including phenoxy) is 1. The van der Waals surface area contributed by atoms with Gasteiger partial charge in [0, 0.05) is 12.0 Å². The molecule has 1 aromatic heterocycles. The van der Waals surface area contributed by atoms with Gasteiger partial charge >= 0.3 is 5.97 Å². The lowest BCUT2D eigenvalue weighted by atomic mass is 10.1. The Bertz CT molecular complexity index is 903. The van der Waals surface area contributed by atoms with E-state index in [1.807, 2.05) is 13.8 Å². The lowest BCUT2D eigenvalue weighted by Crippen LogP contribution is -2.30. The predicted octanol–water partition coefficient (Wildman–Crippen LogP) is 1.49. The van der Waals surface area contributed by atoms with Crippen molar-refractivity contribution in [3.63, 3.8) is 0 Å². The normalized spacial score (nSPS) is 11.6. The minimum atomic E-state index is -3.90. The molecule has 2 aromatic rings. The third-order valence-corrected chi connectivity index (χ3v) is 4.85. The number of esters is 1. The molecule has 1 heterocycles. The number of sulfonamides is 1. The molecule has 1 aromatic carbocycles. The molecule has 10 heteroatoms. The number of nitrogens with zero attached hydrogens (tertiary/aromatic N) is 2. The molecule has 0 spiro atoms. The van der Waals surface area contributed by atoms with Gasteiger partial charge in [-0.15, -0.1) is 0 Å². The maximum Gasteiger partial charge on any atom is 0.321 e. The van der Waals surface area contributed by atoms with Gasteiger partial charge < -0.3 is 9.26 Å². The number of carbonyl (C=O) groups excluding carboxylic acids is 2. The van der Waals surface area contributed by atoms with Crippen molar-refractivity contribution in [1.82, 2.24) is 14.9 Å². The van der Waals surface area contributed by atoms with Crippen molar-refractivity contribution in [1.29, 1.82) is 0 Å². The summed E-state index contributed by atoms with van der Waals surface area (Å²) < 4.78 is 36.3. The third kappa shape index (κ3) is 6.26. The van der Waals surface area contributed by atoms with E-state index in [0.717, 1.165) is 0 Å². The fourth-order valence-corrected chi connectivity index (χ4v) is 3.07. The maximum atomic E-state index is 12.2. The van der Waals surface area contributed by atoms with Gasteiger partial charge in [-0.25, -0.2) is 8.42 Å². The van der Waals surface area contributed by atoms with E-state index in [-0.39, 0.29) is 23.2 Å². The highest BCUT2D eigenvalue weighted by Gasteiger charge is 2.17. The number of hydrogen-bond acceptors (Lipinski definition) is 8. The Morgan fingerprint density at radius 1 is 1.22 bits per heavy atom. The van der Waals surface area contributed by atoms with Crippen LogP contribution >= 0.6 is 0 Å². The van der Waals surface area contributed by atoms with Crippen LogP contribution in [0.15, 0.2) is 33.7 Å². The molecule has 0 atom stereocenters. The van der Waals surface area contributed by atoms with Gasteiger partial charge in [0.1, 0.15) is 6.54 Å². The minimum absolute atomic E-state index is 0.0597. The number of hydrogen-bond donors (Lipinski definition) is 1. The van der Waals surface area contributed by atoms with Crippen molar-refractivity contribution in [2.75, 3.05) is 6.54 Å². The zero-order valence-electron chi connectivity index (χ0n) is 15.3. The van der Waals surface area contributed by atoms with E-state index in [2.05, 4.69) is 14.9 Å². The quantitative estimate of drug-likeness (QED) is 0.499. The summed E-state index contributed by atoms with van der Waals surface area (Å²) in [7, 11) is -3.90. The Morgan fingerprint density at radius 2 is 1.89 bits per heavy atom. The number of benzene rings is 1. The summed E-state index contributed by atoms with van der Waals surface area (Å²) in [5, 5.41) is 3.77. The number of aromatic nitrogens is 2. The van der Waals surface area contributed by atoms with Crippen molar-refractivity contribution in [2.24, 2.45) is 5.92 Å². The summed E-state index contributed by atoms with van der Waals surface area (Å²) in [5.74, 6) is 0.0555. The van der Waals surface area contributed by atoms with Crippen LogP contribution < -0.4 is 4.72 Å². The highest BCUT2D eigenvalue weighted by molar-refractivity contribution is 7.89. The maximum absolute atomic E-state index is 12.2. The number of rotatable bonds is 9. The summed E-state index contributed by atoms with van der Waals surface area (Å²) in [6.07, 6.45) is 0.639. The van der Waals surface area contributed by atoms with Crippen LogP contribution in [0, 0.1) is 5.92 Å². The van der Waals surface area contributed by atoms with Crippen LogP contribution in [-0.4, -0.2) is 36.9 Å². The lowest BCUT2D eigenvalue weighted by molar-refractivity contribution is -0.144. The molecule has 0 amide bonds. The van der Waals surface area contributed by atoms with E-state index >= 15 is 0 Å². The van der Waals surface area contributed by atoms with Crippen LogP contribution in [0.3, 0.4) is 0 Å². The van der Waals surface area contributed by atoms with E-state index in [1.54, 1.807) is 0 Å². The molecular formula is C17H21N3O6S. The molecule has 0 aliphatic carbocycles. The zero-order valence-corrected chi connectivity index (χ0v) is 16.1. The molecule has 0 fully saturated rings. The summed E-state index contributed by atoms with van der Waals surface area (Å²) in [5.41, 5.74) is 0.393. The summed E-state index contributed by atoms with van der Waals surface area (Å²) in [6, 6.07) is 5.39. The Balaban J connectivity index is 1.85. The van der Waals surface area contributed by atoms with Gasteiger partial charge in [0.15, 0.2) is 18.2 Å². The Labute approximate surface area is 157 Å². The second-order valence-corrected chi connectivity index (χ2v) is 8.04. The Hall–Kier alpha value is -2.59. The molecule has 0 aliphatic heterocycles. The molecule has 0 radical (unpaired) electrons. The molecule has 0 saturated heterocycles. The fourth-order valence-electron chi connectivity index (χ4n) is 2.10.